The first kappa shape index (κ1) is 19.8. The molecule has 1 saturated carbocycles. The molecule has 0 spiro atoms. The molecule has 8 nitrogen and oxygen atoms in total. The highest BCUT2D eigenvalue weighted by atomic mass is 19.1. The Bertz CT molecular complexity index is 846. The van der Waals surface area contributed by atoms with Crippen molar-refractivity contribution in [1.82, 2.24) is 15.5 Å². The van der Waals surface area contributed by atoms with Crippen molar-refractivity contribution < 1.29 is 23.5 Å². The van der Waals surface area contributed by atoms with Crippen LogP contribution in [0.4, 0.5) is 10.1 Å². The van der Waals surface area contributed by atoms with Crippen LogP contribution in [0.3, 0.4) is 0 Å². The number of amides is 2. The van der Waals surface area contributed by atoms with E-state index in [2.05, 4.69) is 20.8 Å². The van der Waals surface area contributed by atoms with Crippen LogP contribution in [0.5, 0.6) is 5.75 Å². The highest BCUT2D eigenvalue weighted by molar-refractivity contribution is 6.09. The summed E-state index contributed by atoms with van der Waals surface area (Å²) < 4.78 is 24.5. The van der Waals surface area contributed by atoms with E-state index < -0.39 is 17.6 Å². The lowest BCUT2D eigenvalue weighted by atomic mass is 9.93. The van der Waals surface area contributed by atoms with Crippen LogP contribution in [0, 0.1) is 5.82 Å². The maximum absolute atomic E-state index is 14.1. The lowest BCUT2D eigenvalue weighted by Gasteiger charge is -2.28. The number of carbonyl (C=O) groups is 2. The summed E-state index contributed by atoms with van der Waals surface area (Å²) in [7, 11) is 3.04. The van der Waals surface area contributed by atoms with Crippen LogP contribution >= 0.6 is 0 Å². The van der Waals surface area contributed by atoms with E-state index in [9.17, 15) is 14.0 Å². The number of methoxy groups -OCH3 is 2. The van der Waals surface area contributed by atoms with Crippen molar-refractivity contribution in [2.75, 3.05) is 19.5 Å². The van der Waals surface area contributed by atoms with Crippen LogP contribution in [0.15, 0.2) is 24.4 Å². The van der Waals surface area contributed by atoms with Crippen LogP contribution < -0.4 is 15.4 Å². The molecule has 1 fully saturated rings. The van der Waals surface area contributed by atoms with E-state index in [1.807, 2.05) is 0 Å². The summed E-state index contributed by atoms with van der Waals surface area (Å²) in [4.78, 5) is 25.1. The van der Waals surface area contributed by atoms with Gasteiger partial charge in [0.2, 0.25) is 0 Å². The Kier molecular flexibility index (Phi) is 6.25. The van der Waals surface area contributed by atoms with Crippen molar-refractivity contribution in [3.63, 3.8) is 0 Å². The number of aromatic nitrogens is 2. The summed E-state index contributed by atoms with van der Waals surface area (Å²) in [6.45, 7) is 0. The first-order chi connectivity index (χ1) is 13.5. The van der Waals surface area contributed by atoms with Gasteiger partial charge in [-0.25, -0.2) is 4.39 Å². The number of ether oxygens (including phenoxy) is 2. The quantitative estimate of drug-likeness (QED) is 0.703. The molecule has 0 aliphatic heterocycles. The number of hydrogen-bond donors (Lipinski definition) is 3. The molecule has 1 aromatic carbocycles. The maximum Gasteiger partial charge on any atom is 0.274 e. The number of aromatic amines is 1. The van der Waals surface area contributed by atoms with Crippen molar-refractivity contribution in [3.8, 4) is 5.75 Å². The Morgan fingerprint density at radius 1 is 1.18 bits per heavy atom. The van der Waals surface area contributed by atoms with Gasteiger partial charge in [0, 0.05) is 19.3 Å². The summed E-state index contributed by atoms with van der Waals surface area (Å²) in [5, 5.41) is 11.9. The van der Waals surface area contributed by atoms with Crippen LogP contribution in [0.1, 0.15) is 46.5 Å². The molecule has 1 aromatic heterocycles. The molecule has 1 aliphatic rings. The van der Waals surface area contributed by atoms with E-state index in [0.717, 1.165) is 31.7 Å². The van der Waals surface area contributed by atoms with Gasteiger partial charge in [0.05, 0.1) is 18.9 Å². The Labute approximate surface area is 161 Å². The molecule has 2 amide bonds. The SMILES string of the molecule is COc1cccc(F)c1C(=O)Nc1c[nH]nc1C(=O)NC1CCC(OC)CC1. The normalized spacial score (nSPS) is 19.1. The summed E-state index contributed by atoms with van der Waals surface area (Å²) in [6.07, 6.45) is 4.97. The number of benzene rings is 1. The van der Waals surface area contributed by atoms with Crippen molar-refractivity contribution in [2.45, 2.75) is 37.8 Å². The molecule has 0 unspecified atom stereocenters. The smallest absolute Gasteiger partial charge is 0.274 e. The van der Waals surface area contributed by atoms with Gasteiger partial charge in [-0.2, -0.15) is 5.10 Å². The van der Waals surface area contributed by atoms with Gasteiger partial charge in [-0.05, 0) is 37.8 Å². The molecular weight excluding hydrogens is 367 g/mol. The average molecular weight is 390 g/mol. The molecule has 1 heterocycles. The fourth-order valence-corrected chi connectivity index (χ4v) is 3.33. The largest absolute Gasteiger partial charge is 0.496 e. The number of halogens is 1. The highest BCUT2D eigenvalue weighted by Gasteiger charge is 2.26. The summed E-state index contributed by atoms with van der Waals surface area (Å²) in [5.41, 5.74) is -0.0358. The Hall–Kier alpha value is -2.94. The predicted octanol–water partition coefficient (Wildman–Crippen LogP) is 2.50. The van der Waals surface area contributed by atoms with E-state index in [1.54, 1.807) is 7.11 Å². The molecule has 9 heteroatoms. The number of anilines is 1. The Balaban J connectivity index is 1.69. The molecule has 0 atom stereocenters. The average Bonchev–Trinajstić information content (AvgIpc) is 3.16. The van der Waals surface area contributed by atoms with Gasteiger partial charge in [0.1, 0.15) is 17.1 Å². The van der Waals surface area contributed by atoms with Crippen LogP contribution in [-0.4, -0.2) is 48.4 Å². The van der Waals surface area contributed by atoms with Crippen LogP contribution in [-0.2, 0) is 4.74 Å². The molecule has 0 radical (unpaired) electrons. The summed E-state index contributed by atoms with van der Waals surface area (Å²) >= 11 is 0. The molecule has 2 aromatic rings. The zero-order chi connectivity index (χ0) is 20.1. The topological polar surface area (TPSA) is 105 Å². The monoisotopic (exact) mass is 390 g/mol. The number of nitrogens with zero attached hydrogens (tertiary/aromatic N) is 1. The number of nitrogens with one attached hydrogen (secondary N) is 3. The number of H-pyrrole nitrogens is 1. The second-order valence-electron chi connectivity index (χ2n) is 6.60. The molecule has 28 heavy (non-hydrogen) atoms. The third kappa shape index (κ3) is 4.30. The molecular formula is C19H23FN4O4. The highest BCUT2D eigenvalue weighted by Crippen LogP contribution is 2.24. The minimum absolute atomic E-state index is 0.0193. The van der Waals surface area contributed by atoms with Crippen LogP contribution in [0.2, 0.25) is 0 Å². The molecule has 150 valence electrons. The summed E-state index contributed by atoms with van der Waals surface area (Å²) in [5.74, 6) is -1.76. The van der Waals surface area contributed by atoms with E-state index in [0.29, 0.717) is 0 Å². The summed E-state index contributed by atoms with van der Waals surface area (Å²) in [6, 6.07) is 4.11. The lowest BCUT2D eigenvalue weighted by molar-refractivity contribution is 0.0598. The minimum atomic E-state index is -0.731. The lowest BCUT2D eigenvalue weighted by Crippen LogP contribution is -2.39. The second kappa shape index (κ2) is 8.83. The van der Waals surface area contributed by atoms with Gasteiger partial charge in [-0.15, -0.1) is 0 Å². The van der Waals surface area contributed by atoms with Gasteiger partial charge in [0.25, 0.3) is 11.8 Å². The Morgan fingerprint density at radius 2 is 1.93 bits per heavy atom. The molecule has 3 N–H and O–H groups in total. The second-order valence-corrected chi connectivity index (χ2v) is 6.60. The zero-order valence-electron chi connectivity index (χ0n) is 15.8. The zero-order valence-corrected chi connectivity index (χ0v) is 15.8. The van der Waals surface area contributed by atoms with Crippen molar-refractivity contribution in [2.24, 2.45) is 0 Å². The van der Waals surface area contributed by atoms with Crippen molar-refractivity contribution in [1.29, 1.82) is 0 Å². The third-order valence-electron chi connectivity index (χ3n) is 4.87. The van der Waals surface area contributed by atoms with Gasteiger partial charge in [-0.1, -0.05) is 6.07 Å². The van der Waals surface area contributed by atoms with E-state index in [1.165, 1.54) is 25.4 Å². The standard InChI is InChI=1S/C19H23FN4O4/c1-27-12-8-6-11(7-9-12)22-19(26)17-14(10-21-24-17)23-18(25)16-13(20)4-3-5-15(16)28-2/h3-5,10-12H,6-9H2,1-2H3,(H,21,24)(H,22,26)(H,23,25). The number of hydrogen-bond acceptors (Lipinski definition) is 5. The van der Waals surface area contributed by atoms with Gasteiger partial charge in [0.15, 0.2) is 5.69 Å². The molecule has 3 rings (SSSR count). The van der Waals surface area contributed by atoms with Crippen LogP contribution in [0.25, 0.3) is 0 Å². The van der Waals surface area contributed by atoms with Crippen molar-refractivity contribution >= 4 is 17.5 Å². The van der Waals surface area contributed by atoms with Crippen molar-refractivity contribution in [3.05, 3.63) is 41.5 Å². The fourth-order valence-electron chi connectivity index (χ4n) is 3.33. The number of rotatable bonds is 6. The predicted molar refractivity (Wildman–Crippen MR) is 100 cm³/mol. The third-order valence-corrected chi connectivity index (χ3v) is 4.87. The fraction of sp³-hybridized carbons (Fsp3) is 0.421. The van der Waals surface area contributed by atoms with Gasteiger partial charge >= 0.3 is 0 Å². The van der Waals surface area contributed by atoms with E-state index >= 15 is 0 Å². The first-order valence-corrected chi connectivity index (χ1v) is 9.04. The molecule has 0 bridgehead atoms. The van der Waals surface area contributed by atoms with Gasteiger partial charge < -0.3 is 20.1 Å². The molecule has 1 aliphatic carbocycles. The number of carbonyl (C=O) groups excluding carboxylic acids is 2. The Morgan fingerprint density at radius 3 is 2.61 bits per heavy atom. The molecule has 0 saturated heterocycles. The van der Waals surface area contributed by atoms with Gasteiger partial charge in [-0.3, -0.25) is 14.7 Å². The van der Waals surface area contributed by atoms with E-state index in [4.69, 9.17) is 9.47 Å². The first-order valence-electron chi connectivity index (χ1n) is 9.04. The maximum atomic E-state index is 14.1. The van der Waals surface area contributed by atoms with E-state index in [-0.39, 0.29) is 34.8 Å². The minimum Gasteiger partial charge on any atom is -0.496 e.